The number of esters is 1. The predicted octanol–water partition coefficient (Wildman–Crippen LogP) is 2.41. The van der Waals surface area contributed by atoms with Gasteiger partial charge < -0.3 is 14.1 Å². The molecular weight excluding hydrogens is 370 g/mol. The summed E-state index contributed by atoms with van der Waals surface area (Å²) in [5.41, 5.74) is 0.566. The van der Waals surface area contributed by atoms with Gasteiger partial charge in [0, 0.05) is 18.0 Å². The Morgan fingerprint density at radius 2 is 2.07 bits per heavy atom. The molecule has 1 aliphatic rings. The molecule has 1 aliphatic heterocycles. The van der Waals surface area contributed by atoms with Crippen LogP contribution in [-0.2, 0) is 19.4 Å². The van der Waals surface area contributed by atoms with Crippen LogP contribution in [0.4, 0.5) is 0 Å². The number of furan rings is 1. The Morgan fingerprint density at radius 3 is 2.74 bits per heavy atom. The molecular formula is C19H23NO6S. The average Bonchev–Trinajstić information content (AvgIpc) is 3.23. The Bertz CT molecular complexity index is 900. The molecule has 0 bridgehead atoms. The third kappa shape index (κ3) is 4.68. The molecule has 0 radical (unpaired) electrons. The monoisotopic (exact) mass is 393 g/mol. The molecule has 7 nitrogen and oxygen atoms in total. The number of benzene rings is 1. The number of nitrogens with zero attached hydrogens (tertiary/aromatic N) is 1. The quantitative estimate of drug-likeness (QED) is 0.671. The van der Waals surface area contributed by atoms with Crippen molar-refractivity contribution in [3.8, 4) is 0 Å². The molecule has 2 heterocycles. The van der Waals surface area contributed by atoms with E-state index in [0.29, 0.717) is 18.5 Å². The zero-order chi connectivity index (χ0) is 19.4. The molecule has 1 aromatic carbocycles. The lowest BCUT2D eigenvalue weighted by atomic mass is 10.2. The number of para-hydroxylation sites is 1. The molecule has 146 valence electrons. The van der Waals surface area contributed by atoms with Gasteiger partial charge in [0.15, 0.2) is 16.4 Å². The van der Waals surface area contributed by atoms with Crippen LogP contribution in [-0.4, -0.2) is 55.9 Å². The van der Waals surface area contributed by atoms with E-state index in [4.69, 9.17) is 9.15 Å². The van der Waals surface area contributed by atoms with E-state index in [2.05, 4.69) is 0 Å². The third-order valence-electron chi connectivity index (χ3n) is 4.68. The van der Waals surface area contributed by atoms with E-state index in [-0.39, 0.29) is 29.2 Å². The van der Waals surface area contributed by atoms with Crippen LogP contribution >= 0.6 is 0 Å². The molecule has 3 rings (SSSR count). The van der Waals surface area contributed by atoms with E-state index >= 15 is 0 Å². The molecule has 0 unspecified atom stereocenters. The van der Waals surface area contributed by atoms with Gasteiger partial charge in [0.1, 0.15) is 5.58 Å². The average molecular weight is 393 g/mol. The topological polar surface area (TPSA) is 93.9 Å². The van der Waals surface area contributed by atoms with Crippen molar-refractivity contribution < 1.29 is 27.2 Å². The summed E-state index contributed by atoms with van der Waals surface area (Å²) in [6.45, 7) is 2.02. The van der Waals surface area contributed by atoms with E-state index in [0.717, 1.165) is 18.2 Å². The van der Waals surface area contributed by atoms with Gasteiger partial charge in [-0.15, -0.1) is 0 Å². The van der Waals surface area contributed by atoms with Crippen LogP contribution in [0.2, 0.25) is 0 Å². The summed E-state index contributed by atoms with van der Waals surface area (Å²) in [4.78, 5) is 26.3. The summed E-state index contributed by atoms with van der Waals surface area (Å²) < 4.78 is 34.0. The minimum absolute atomic E-state index is 0.0278. The molecule has 8 heteroatoms. The number of hydrogen-bond donors (Lipinski definition) is 0. The second-order valence-electron chi connectivity index (χ2n) is 6.72. The van der Waals surface area contributed by atoms with Crippen LogP contribution in [0.1, 0.15) is 36.7 Å². The molecule has 0 spiro atoms. The van der Waals surface area contributed by atoms with Crippen molar-refractivity contribution in [3.63, 3.8) is 0 Å². The maximum atomic E-state index is 12.6. The first kappa shape index (κ1) is 19.4. The Balaban J connectivity index is 1.63. The number of sulfone groups is 1. The molecule has 1 saturated heterocycles. The zero-order valence-corrected chi connectivity index (χ0v) is 16.0. The van der Waals surface area contributed by atoms with E-state index in [1.807, 2.05) is 19.1 Å². The highest BCUT2D eigenvalue weighted by Crippen LogP contribution is 2.21. The Morgan fingerprint density at radius 1 is 1.30 bits per heavy atom. The van der Waals surface area contributed by atoms with Gasteiger partial charge in [-0.1, -0.05) is 31.5 Å². The van der Waals surface area contributed by atoms with Crippen LogP contribution < -0.4 is 0 Å². The smallest absolute Gasteiger partial charge is 0.374 e. The lowest BCUT2D eigenvalue weighted by molar-refractivity contribution is -0.136. The molecule has 1 aromatic heterocycles. The van der Waals surface area contributed by atoms with Crippen molar-refractivity contribution >= 4 is 32.7 Å². The fourth-order valence-corrected chi connectivity index (χ4v) is 4.96. The third-order valence-corrected chi connectivity index (χ3v) is 6.43. The van der Waals surface area contributed by atoms with E-state index in [1.165, 1.54) is 0 Å². The lowest BCUT2D eigenvalue weighted by Gasteiger charge is -2.28. The SMILES string of the molecule is CCCCN(C(=O)COC(=O)c1cc2ccccc2o1)[C@@H]1CCS(=O)(=O)C1. The second kappa shape index (κ2) is 8.12. The van der Waals surface area contributed by atoms with Gasteiger partial charge >= 0.3 is 5.97 Å². The van der Waals surface area contributed by atoms with Crippen LogP contribution in [0, 0.1) is 0 Å². The maximum Gasteiger partial charge on any atom is 0.374 e. The van der Waals surface area contributed by atoms with Crippen molar-refractivity contribution in [1.82, 2.24) is 4.90 Å². The van der Waals surface area contributed by atoms with Crippen molar-refractivity contribution in [1.29, 1.82) is 0 Å². The van der Waals surface area contributed by atoms with Crippen LogP contribution in [0.25, 0.3) is 11.0 Å². The molecule has 27 heavy (non-hydrogen) atoms. The van der Waals surface area contributed by atoms with Gasteiger partial charge in [0.25, 0.3) is 5.91 Å². The molecule has 0 N–H and O–H groups in total. The zero-order valence-electron chi connectivity index (χ0n) is 15.2. The first-order valence-electron chi connectivity index (χ1n) is 9.05. The number of rotatable bonds is 7. The lowest BCUT2D eigenvalue weighted by Crippen LogP contribution is -2.43. The summed E-state index contributed by atoms with van der Waals surface area (Å²) in [5, 5.41) is 0.775. The molecule has 1 amide bonds. The van der Waals surface area contributed by atoms with Crippen molar-refractivity contribution in [2.45, 2.75) is 32.2 Å². The molecule has 0 saturated carbocycles. The van der Waals surface area contributed by atoms with E-state index < -0.39 is 22.4 Å². The number of carbonyl (C=O) groups is 2. The summed E-state index contributed by atoms with van der Waals surface area (Å²) in [6, 6.07) is 8.40. The number of hydrogen-bond acceptors (Lipinski definition) is 6. The number of ether oxygens (including phenoxy) is 1. The van der Waals surface area contributed by atoms with Crippen molar-refractivity contribution in [2.24, 2.45) is 0 Å². The number of unbranched alkanes of at least 4 members (excludes halogenated alkanes) is 1. The Hall–Kier alpha value is -2.35. The minimum atomic E-state index is -3.10. The van der Waals surface area contributed by atoms with Gasteiger partial charge in [-0.25, -0.2) is 13.2 Å². The highest BCUT2D eigenvalue weighted by atomic mass is 32.2. The second-order valence-corrected chi connectivity index (χ2v) is 8.95. The van der Waals surface area contributed by atoms with Gasteiger partial charge in [-0.3, -0.25) is 4.79 Å². The molecule has 0 aliphatic carbocycles. The normalized spacial score (nSPS) is 18.5. The highest BCUT2D eigenvalue weighted by Gasteiger charge is 2.34. The van der Waals surface area contributed by atoms with Crippen molar-refractivity contribution in [3.05, 3.63) is 36.1 Å². The van der Waals surface area contributed by atoms with Crippen LogP contribution in [0.15, 0.2) is 34.7 Å². The Kier molecular flexibility index (Phi) is 5.84. The van der Waals surface area contributed by atoms with Gasteiger partial charge in [0.05, 0.1) is 11.5 Å². The fraction of sp³-hybridized carbons (Fsp3) is 0.474. The van der Waals surface area contributed by atoms with Crippen molar-refractivity contribution in [2.75, 3.05) is 24.7 Å². The summed E-state index contributed by atoms with van der Waals surface area (Å²) >= 11 is 0. The number of amides is 1. The van der Waals surface area contributed by atoms with Crippen LogP contribution in [0.3, 0.4) is 0 Å². The molecule has 1 fully saturated rings. The molecule has 2 aromatic rings. The minimum Gasteiger partial charge on any atom is -0.450 e. The Labute approximate surface area is 158 Å². The highest BCUT2D eigenvalue weighted by molar-refractivity contribution is 7.91. The first-order valence-corrected chi connectivity index (χ1v) is 10.9. The summed E-state index contributed by atoms with van der Waals surface area (Å²) in [5.74, 6) is -0.997. The number of fused-ring (bicyclic) bond motifs is 1. The van der Waals surface area contributed by atoms with Crippen LogP contribution in [0.5, 0.6) is 0 Å². The summed E-state index contributed by atoms with van der Waals surface area (Å²) in [6.07, 6.45) is 2.07. The van der Waals surface area contributed by atoms with Gasteiger partial charge in [0.2, 0.25) is 5.76 Å². The van der Waals surface area contributed by atoms with E-state index in [1.54, 1.807) is 23.1 Å². The first-order chi connectivity index (χ1) is 12.9. The summed E-state index contributed by atoms with van der Waals surface area (Å²) in [7, 11) is -3.10. The van der Waals surface area contributed by atoms with Gasteiger partial charge in [-0.05, 0) is 25.0 Å². The largest absolute Gasteiger partial charge is 0.450 e. The fourth-order valence-electron chi connectivity index (χ4n) is 3.22. The maximum absolute atomic E-state index is 12.6. The van der Waals surface area contributed by atoms with E-state index in [9.17, 15) is 18.0 Å². The standard InChI is InChI=1S/C19H23NO6S/c1-2-3-9-20(15-8-10-27(23,24)13-15)18(21)12-25-19(22)17-11-14-6-4-5-7-16(14)26-17/h4-7,11,15H,2-3,8-10,12-13H2,1H3/t15-/m1/s1. The predicted molar refractivity (Wildman–Crippen MR) is 100 cm³/mol. The number of carbonyl (C=O) groups excluding carboxylic acids is 2. The molecule has 1 atom stereocenters. The van der Waals surface area contributed by atoms with Gasteiger partial charge in [-0.2, -0.15) is 0 Å².